The quantitative estimate of drug-likeness (QED) is 0.685. The molecule has 6 nitrogen and oxygen atoms in total. The summed E-state index contributed by atoms with van der Waals surface area (Å²) < 4.78 is 39.4. The summed E-state index contributed by atoms with van der Waals surface area (Å²) in [7, 11) is -2.47. The van der Waals surface area contributed by atoms with Crippen molar-refractivity contribution in [2.45, 2.75) is 30.9 Å². The Hall–Kier alpha value is -1.68. The van der Waals surface area contributed by atoms with Crippen LogP contribution < -0.4 is 0 Å². The summed E-state index contributed by atoms with van der Waals surface area (Å²) in [5.41, 5.74) is 0.421. The Balaban J connectivity index is 2.17. The molecule has 1 N–H and O–H groups in total. The molecule has 0 aliphatic rings. The predicted molar refractivity (Wildman–Crippen MR) is 98.9 cm³/mol. The number of benzene rings is 1. The molecule has 26 heavy (non-hydrogen) atoms. The zero-order chi connectivity index (χ0) is 19.5. The van der Waals surface area contributed by atoms with E-state index in [1.54, 1.807) is 0 Å². The third-order valence-electron chi connectivity index (χ3n) is 4.03. The number of rotatable bonds is 8. The van der Waals surface area contributed by atoms with Gasteiger partial charge in [-0.3, -0.25) is 0 Å². The molecule has 0 spiro atoms. The first kappa shape index (κ1) is 20.6. The van der Waals surface area contributed by atoms with E-state index in [-0.39, 0.29) is 17.4 Å². The summed E-state index contributed by atoms with van der Waals surface area (Å²) in [6, 6.07) is 6.08. The molecule has 9 heteroatoms. The Morgan fingerprint density at radius 3 is 2.42 bits per heavy atom. The normalized spacial score (nSPS) is 14.6. The van der Waals surface area contributed by atoms with Gasteiger partial charge in [-0.1, -0.05) is 31.2 Å². The minimum absolute atomic E-state index is 0.0419. The maximum absolute atomic E-state index is 13.0. The maximum atomic E-state index is 13.0. The lowest BCUT2D eigenvalue weighted by Gasteiger charge is -2.20. The molecule has 0 saturated heterocycles. The third-order valence-corrected chi connectivity index (χ3v) is 6.98. The van der Waals surface area contributed by atoms with Crippen molar-refractivity contribution in [3.8, 4) is 0 Å². The van der Waals surface area contributed by atoms with Gasteiger partial charge in [-0.05, 0) is 29.7 Å². The summed E-state index contributed by atoms with van der Waals surface area (Å²) >= 11 is 1.17. The minimum Gasteiger partial charge on any atom is -0.387 e. The van der Waals surface area contributed by atoms with Gasteiger partial charge in [-0.2, -0.15) is 9.21 Å². The monoisotopic (exact) mass is 400 g/mol. The molecule has 2 aromatic rings. The van der Waals surface area contributed by atoms with Gasteiger partial charge in [-0.25, -0.2) is 12.8 Å². The van der Waals surface area contributed by atoms with E-state index in [0.29, 0.717) is 10.4 Å². The number of hydrogen-bond donors (Lipinski definition) is 1. The van der Waals surface area contributed by atoms with Crippen molar-refractivity contribution >= 4 is 21.4 Å². The molecule has 1 aromatic heterocycles. The molecule has 142 valence electrons. The number of aliphatic hydroxyl groups excluding tert-OH is 1. The standard InChI is InChI=1S/C17H21FN2O4S2/c1-11(2)17(19-22)16-8-14(10-25-16)26(23,24)20(3)9-15(21)12-4-6-13(18)7-5-12/h4-8,10-11,15,17,21H,9H2,1-3H3. The molecule has 2 unspecified atom stereocenters. The average Bonchev–Trinajstić information content (AvgIpc) is 3.06. The SMILES string of the molecule is CC(C)C(N=O)c1cc(S(=O)(=O)N(C)CC(O)c2ccc(F)cc2)cs1. The van der Waals surface area contributed by atoms with Crippen molar-refractivity contribution in [3.05, 3.63) is 56.9 Å². The molecule has 2 rings (SSSR count). The Morgan fingerprint density at radius 2 is 1.88 bits per heavy atom. The first-order valence-electron chi connectivity index (χ1n) is 7.97. The maximum Gasteiger partial charge on any atom is 0.243 e. The summed E-state index contributed by atoms with van der Waals surface area (Å²) in [4.78, 5) is 11.6. The molecule has 1 heterocycles. The number of aliphatic hydroxyl groups is 1. The van der Waals surface area contributed by atoms with Gasteiger partial charge >= 0.3 is 0 Å². The van der Waals surface area contributed by atoms with Crippen LogP contribution in [0, 0.1) is 16.6 Å². The third kappa shape index (κ3) is 4.53. The second kappa shape index (κ2) is 8.34. The van der Waals surface area contributed by atoms with Gasteiger partial charge in [0.1, 0.15) is 11.9 Å². The van der Waals surface area contributed by atoms with Crippen LogP contribution in [0.25, 0.3) is 0 Å². The van der Waals surface area contributed by atoms with Crippen molar-refractivity contribution in [2.75, 3.05) is 13.6 Å². The number of nitrogens with zero attached hydrogens (tertiary/aromatic N) is 2. The first-order valence-corrected chi connectivity index (χ1v) is 10.3. The van der Waals surface area contributed by atoms with Crippen molar-refractivity contribution in [3.63, 3.8) is 0 Å². The van der Waals surface area contributed by atoms with Crippen molar-refractivity contribution in [1.29, 1.82) is 0 Å². The van der Waals surface area contributed by atoms with Crippen LogP contribution in [0.15, 0.2) is 45.8 Å². The number of nitroso groups, excluding NO2 is 1. The van der Waals surface area contributed by atoms with Gasteiger partial charge in [0.15, 0.2) is 0 Å². The largest absolute Gasteiger partial charge is 0.387 e. The first-order chi connectivity index (χ1) is 12.2. The van der Waals surface area contributed by atoms with Crippen LogP contribution in [0.1, 0.15) is 36.4 Å². The Bertz CT molecular complexity index is 850. The van der Waals surface area contributed by atoms with Crippen LogP contribution in [-0.2, 0) is 10.0 Å². The van der Waals surface area contributed by atoms with Gasteiger partial charge in [0.05, 0.1) is 11.0 Å². The van der Waals surface area contributed by atoms with Crippen LogP contribution in [0.5, 0.6) is 0 Å². The Kier molecular flexibility index (Phi) is 6.62. The Labute approximate surface area is 156 Å². The molecular formula is C17H21FN2O4S2. The highest BCUT2D eigenvalue weighted by Crippen LogP contribution is 2.33. The van der Waals surface area contributed by atoms with Crippen LogP contribution in [0.4, 0.5) is 4.39 Å². The van der Waals surface area contributed by atoms with Crippen molar-refractivity contribution < 1.29 is 17.9 Å². The van der Waals surface area contributed by atoms with E-state index in [2.05, 4.69) is 5.18 Å². The molecule has 0 bridgehead atoms. The lowest BCUT2D eigenvalue weighted by molar-refractivity contribution is 0.155. The van der Waals surface area contributed by atoms with Gasteiger partial charge in [-0.15, -0.1) is 11.3 Å². The molecule has 2 atom stereocenters. The van der Waals surface area contributed by atoms with Crippen LogP contribution >= 0.6 is 11.3 Å². The second-order valence-electron chi connectivity index (χ2n) is 6.33. The van der Waals surface area contributed by atoms with E-state index in [1.807, 2.05) is 13.8 Å². The van der Waals surface area contributed by atoms with Crippen LogP contribution in [0.3, 0.4) is 0 Å². The molecule has 0 saturated carbocycles. The number of halogens is 1. The molecular weight excluding hydrogens is 379 g/mol. The zero-order valence-electron chi connectivity index (χ0n) is 14.7. The highest BCUT2D eigenvalue weighted by molar-refractivity contribution is 7.89. The summed E-state index contributed by atoms with van der Waals surface area (Å²) in [6.07, 6.45) is -1.09. The van der Waals surface area contributed by atoms with E-state index >= 15 is 0 Å². The smallest absolute Gasteiger partial charge is 0.243 e. The van der Waals surface area contributed by atoms with Crippen LogP contribution in [-0.4, -0.2) is 31.4 Å². The molecule has 0 aliphatic carbocycles. The number of hydrogen-bond acceptors (Lipinski definition) is 6. The van der Waals surface area contributed by atoms with Gasteiger partial charge in [0, 0.05) is 23.8 Å². The van der Waals surface area contributed by atoms with Gasteiger partial charge in [0.2, 0.25) is 10.0 Å². The molecule has 0 fully saturated rings. The Morgan fingerprint density at radius 1 is 1.27 bits per heavy atom. The highest BCUT2D eigenvalue weighted by Gasteiger charge is 2.27. The number of thiophene rings is 1. The topological polar surface area (TPSA) is 87.0 Å². The predicted octanol–water partition coefficient (Wildman–Crippen LogP) is 3.70. The van der Waals surface area contributed by atoms with Crippen LogP contribution in [0.2, 0.25) is 0 Å². The summed E-state index contributed by atoms with van der Waals surface area (Å²) in [6.45, 7) is 3.49. The van der Waals surface area contributed by atoms with E-state index in [0.717, 1.165) is 4.31 Å². The molecule has 0 radical (unpaired) electrons. The van der Waals surface area contributed by atoms with E-state index in [1.165, 1.54) is 54.1 Å². The fraction of sp³-hybridized carbons (Fsp3) is 0.412. The van der Waals surface area contributed by atoms with Gasteiger partial charge in [0.25, 0.3) is 0 Å². The summed E-state index contributed by atoms with van der Waals surface area (Å²) in [5, 5.41) is 14.8. The van der Waals surface area contributed by atoms with Crippen molar-refractivity contribution in [2.24, 2.45) is 11.1 Å². The second-order valence-corrected chi connectivity index (χ2v) is 9.32. The van der Waals surface area contributed by atoms with E-state index in [9.17, 15) is 22.8 Å². The van der Waals surface area contributed by atoms with E-state index < -0.39 is 28.0 Å². The fourth-order valence-corrected chi connectivity index (χ4v) is 5.09. The average molecular weight is 400 g/mol. The minimum atomic E-state index is -3.83. The number of likely N-dealkylation sites (N-methyl/N-ethyl adjacent to an activating group) is 1. The van der Waals surface area contributed by atoms with E-state index in [4.69, 9.17) is 0 Å². The van der Waals surface area contributed by atoms with Gasteiger partial charge < -0.3 is 5.11 Å². The molecule has 0 amide bonds. The molecule has 0 aliphatic heterocycles. The summed E-state index contributed by atoms with van der Waals surface area (Å²) in [5.74, 6) is -0.476. The zero-order valence-corrected chi connectivity index (χ0v) is 16.3. The lowest BCUT2D eigenvalue weighted by atomic mass is 10.0. The highest BCUT2D eigenvalue weighted by atomic mass is 32.2. The lowest BCUT2D eigenvalue weighted by Crippen LogP contribution is -2.31. The van der Waals surface area contributed by atoms with Crippen molar-refractivity contribution in [1.82, 2.24) is 4.31 Å². The number of sulfonamides is 1. The molecule has 1 aromatic carbocycles. The fourth-order valence-electron chi connectivity index (χ4n) is 2.44.